The second-order valence-electron chi connectivity index (χ2n) is 2.25. The summed E-state index contributed by atoms with van der Waals surface area (Å²) in [5, 5.41) is 0.734. The van der Waals surface area contributed by atoms with Crippen molar-refractivity contribution >= 4 is 23.2 Å². The lowest BCUT2D eigenvalue weighted by Crippen LogP contribution is -1.73. The Bertz CT molecular complexity index is 290. The van der Waals surface area contributed by atoms with Gasteiger partial charge in [-0.2, -0.15) is 0 Å². The summed E-state index contributed by atoms with van der Waals surface area (Å²) < 4.78 is 0. The van der Waals surface area contributed by atoms with Gasteiger partial charge in [0.25, 0.3) is 0 Å². The fraction of sp³-hybridized carbons (Fsp3) is 0.200. The summed E-state index contributed by atoms with van der Waals surface area (Å²) in [6.45, 7) is 0. The van der Waals surface area contributed by atoms with E-state index in [-0.39, 0.29) is 0 Å². The van der Waals surface area contributed by atoms with Gasteiger partial charge in [-0.1, -0.05) is 23.4 Å². The van der Waals surface area contributed by atoms with Crippen molar-refractivity contribution in [2.24, 2.45) is 0 Å². The lowest BCUT2D eigenvalue weighted by Gasteiger charge is -1.89. The summed E-state index contributed by atoms with van der Waals surface area (Å²) in [4.78, 5) is 0. The van der Waals surface area contributed by atoms with E-state index in [1.54, 1.807) is 0 Å². The van der Waals surface area contributed by atoms with Gasteiger partial charge >= 0.3 is 0 Å². The second-order valence-corrected chi connectivity index (χ2v) is 3.06. The summed E-state index contributed by atoms with van der Waals surface area (Å²) in [5.41, 5.74) is 0.976. The first kappa shape index (κ1) is 9.45. The molecule has 0 atom stereocenters. The number of hydrogen-bond acceptors (Lipinski definition) is 0. The number of hydrogen-bond donors (Lipinski definition) is 0. The number of alkyl halides is 1. The van der Waals surface area contributed by atoms with Crippen LogP contribution < -0.4 is 0 Å². The Balaban J connectivity index is 2.66. The zero-order valence-electron chi connectivity index (χ0n) is 6.48. The molecule has 0 unspecified atom stereocenters. The van der Waals surface area contributed by atoms with Crippen molar-refractivity contribution in [3.8, 4) is 11.8 Å². The minimum Gasteiger partial charge on any atom is -0.126 e. The normalized spacial score (nSPS) is 8.83. The van der Waals surface area contributed by atoms with Crippen LogP contribution in [-0.2, 0) is 0 Å². The van der Waals surface area contributed by atoms with Crippen LogP contribution in [0, 0.1) is 11.8 Å². The van der Waals surface area contributed by atoms with Crippen LogP contribution in [-0.4, -0.2) is 5.88 Å². The van der Waals surface area contributed by atoms with E-state index in [9.17, 15) is 0 Å². The predicted molar refractivity (Wildman–Crippen MR) is 53.7 cm³/mol. The van der Waals surface area contributed by atoms with E-state index >= 15 is 0 Å². The molecule has 1 rings (SSSR count). The SMILES string of the molecule is ClCCC#Cc1ccc(Cl)cc1. The fourth-order valence-electron chi connectivity index (χ4n) is 0.745. The summed E-state index contributed by atoms with van der Waals surface area (Å²) >= 11 is 11.2. The van der Waals surface area contributed by atoms with E-state index < -0.39 is 0 Å². The van der Waals surface area contributed by atoms with E-state index in [1.165, 1.54) is 0 Å². The molecule has 0 fully saturated rings. The van der Waals surface area contributed by atoms with Gasteiger partial charge in [0.1, 0.15) is 0 Å². The van der Waals surface area contributed by atoms with Crippen molar-refractivity contribution in [1.29, 1.82) is 0 Å². The van der Waals surface area contributed by atoms with Crippen molar-refractivity contribution in [2.45, 2.75) is 6.42 Å². The molecule has 12 heavy (non-hydrogen) atoms. The molecule has 1 aromatic carbocycles. The summed E-state index contributed by atoms with van der Waals surface area (Å²) in [6.07, 6.45) is 0.726. The molecule has 0 aliphatic rings. The largest absolute Gasteiger partial charge is 0.126 e. The van der Waals surface area contributed by atoms with Gasteiger partial charge in [0.2, 0.25) is 0 Å². The Morgan fingerprint density at radius 2 is 1.83 bits per heavy atom. The Hall–Kier alpha value is -0.640. The molecule has 0 aromatic heterocycles. The van der Waals surface area contributed by atoms with Crippen LogP contribution in [0.25, 0.3) is 0 Å². The van der Waals surface area contributed by atoms with Gasteiger partial charge in [0.05, 0.1) is 0 Å². The number of rotatable bonds is 1. The molecule has 0 nitrogen and oxygen atoms in total. The van der Waals surface area contributed by atoms with Crippen molar-refractivity contribution in [3.05, 3.63) is 34.9 Å². The quantitative estimate of drug-likeness (QED) is 0.480. The maximum Gasteiger partial charge on any atom is 0.0406 e. The van der Waals surface area contributed by atoms with Crippen LogP contribution in [0.15, 0.2) is 24.3 Å². The number of halogens is 2. The predicted octanol–water partition coefficient (Wildman–Crippen LogP) is 3.32. The maximum atomic E-state index is 5.70. The van der Waals surface area contributed by atoms with Crippen molar-refractivity contribution < 1.29 is 0 Å². The first-order valence-electron chi connectivity index (χ1n) is 3.63. The minimum absolute atomic E-state index is 0.584. The van der Waals surface area contributed by atoms with E-state index in [2.05, 4.69) is 11.8 Å². The van der Waals surface area contributed by atoms with Gasteiger partial charge in [0, 0.05) is 22.9 Å². The van der Waals surface area contributed by atoms with E-state index in [0.717, 1.165) is 17.0 Å². The molecule has 0 aliphatic heterocycles. The van der Waals surface area contributed by atoms with Crippen LogP contribution >= 0.6 is 23.2 Å². The Labute approximate surface area is 82.5 Å². The van der Waals surface area contributed by atoms with Gasteiger partial charge < -0.3 is 0 Å². The standard InChI is InChI=1S/C10H8Cl2/c11-8-2-1-3-9-4-6-10(12)7-5-9/h4-7H,2,8H2. The van der Waals surface area contributed by atoms with Crippen molar-refractivity contribution in [1.82, 2.24) is 0 Å². The van der Waals surface area contributed by atoms with Gasteiger partial charge in [-0.25, -0.2) is 0 Å². The molecular formula is C10H8Cl2. The fourth-order valence-corrected chi connectivity index (χ4v) is 0.966. The van der Waals surface area contributed by atoms with E-state index in [4.69, 9.17) is 23.2 Å². The molecule has 0 spiro atoms. The zero-order valence-corrected chi connectivity index (χ0v) is 7.99. The van der Waals surface area contributed by atoms with E-state index in [1.807, 2.05) is 24.3 Å². The second kappa shape index (κ2) is 5.09. The topological polar surface area (TPSA) is 0 Å². The summed E-state index contributed by atoms with van der Waals surface area (Å²) in [5.74, 6) is 6.51. The van der Waals surface area contributed by atoms with Crippen LogP contribution in [0.5, 0.6) is 0 Å². The molecule has 0 radical (unpaired) electrons. The van der Waals surface area contributed by atoms with Gasteiger partial charge in [0.15, 0.2) is 0 Å². The number of benzene rings is 1. The third-order valence-corrected chi connectivity index (χ3v) is 1.74. The third kappa shape index (κ3) is 3.17. The molecule has 0 N–H and O–H groups in total. The Morgan fingerprint density at radius 1 is 1.17 bits per heavy atom. The van der Waals surface area contributed by atoms with Gasteiger partial charge in [-0.15, -0.1) is 11.6 Å². The highest BCUT2D eigenvalue weighted by molar-refractivity contribution is 6.30. The lowest BCUT2D eigenvalue weighted by atomic mass is 10.2. The van der Waals surface area contributed by atoms with Crippen molar-refractivity contribution in [2.75, 3.05) is 5.88 Å². The average Bonchev–Trinajstić information content (AvgIpc) is 2.09. The van der Waals surface area contributed by atoms with Crippen LogP contribution in [0.4, 0.5) is 0 Å². The van der Waals surface area contributed by atoms with Gasteiger partial charge in [-0.3, -0.25) is 0 Å². The monoisotopic (exact) mass is 198 g/mol. The lowest BCUT2D eigenvalue weighted by molar-refractivity contribution is 1.29. The molecule has 2 heteroatoms. The van der Waals surface area contributed by atoms with E-state index in [0.29, 0.717) is 5.88 Å². The minimum atomic E-state index is 0.584. The highest BCUT2D eigenvalue weighted by Gasteiger charge is 1.86. The van der Waals surface area contributed by atoms with Crippen LogP contribution in [0.2, 0.25) is 5.02 Å². The van der Waals surface area contributed by atoms with Crippen LogP contribution in [0.3, 0.4) is 0 Å². The Kier molecular flexibility index (Phi) is 4.00. The molecule has 1 aromatic rings. The average molecular weight is 199 g/mol. The zero-order chi connectivity index (χ0) is 8.81. The first-order valence-corrected chi connectivity index (χ1v) is 4.54. The molecule has 0 saturated carbocycles. The highest BCUT2D eigenvalue weighted by atomic mass is 35.5. The molecular weight excluding hydrogens is 191 g/mol. The summed E-state index contributed by atoms with van der Waals surface area (Å²) in [7, 11) is 0. The highest BCUT2D eigenvalue weighted by Crippen LogP contribution is 2.08. The smallest absolute Gasteiger partial charge is 0.0406 e. The molecule has 0 amide bonds. The molecule has 62 valence electrons. The maximum absolute atomic E-state index is 5.70. The first-order chi connectivity index (χ1) is 5.83. The van der Waals surface area contributed by atoms with Crippen molar-refractivity contribution in [3.63, 3.8) is 0 Å². The molecule has 0 bridgehead atoms. The molecule has 0 saturated heterocycles. The van der Waals surface area contributed by atoms with Crippen LogP contribution in [0.1, 0.15) is 12.0 Å². The Morgan fingerprint density at radius 3 is 2.42 bits per heavy atom. The van der Waals surface area contributed by atoms with Gasteiger partial charge in [-0.05, 0) is 24.3 Å². The molecule has 0 heterocycles. The molecule has 0 aliphatic carbocycles. The summed E-state index contributed by atoms with van der Waals surface area (Å²) in [6, 6.07) is 7.44. The third-order valence-electron chi connectivity index (χ3n) is 1.30.